The molecule has 0 saturated heterocycles. The smallest absolute Gasteiger partial charge is 0.356 e. The molecule has 3 aromatic rings. The van der Waals surface area contributed by atoms with Gasteiger partial charge in [-0.3, -0.25) is 5.32 Å². The summed E-state index contributed by atoms with van der Waals surface area (Å²) < 4.78 is 2.04. The van der Waals surface area contributed by atoms with Crippen LogP contribution in [0.5, 0.6) is 5.75 Å². The normalized spacial score (nSPS) is 10.9. The number of aryl methyl sites for hydroxylation is 1. The van der Waals surface area contributed by atoms with Crippen molar-refractivity contribution in [3.8, 4) is 5.75 Å². The maximum atomic E-state index is 9.81. The number of hydrogen-bond donors (Lipinski definition) is 3. The fraction of sp³-hybridized carbons (Fsp3) is 0.133. The number of fused-ring (bicyclic) bond motifs is 1. The van der Waals surface area contributed by atoms with E-state index in [2.05, 4.69) is 10.3 Å². The van der Waals surface area contributed by atoms with E-state index in [0.29, 0.717) is 11.6 Å². The Morgan fingerprint density at radius 1 is 1.25 bits per heavy atom. The summed E-state index contributed by atoms with van der Waals surface area (Å²) in [6.45, 7) is 0.493. The third kappa shape index (κ3) is 2.30. The summed E-state index contributed by atoms with van der Waals surface area (Å²) in [5, 5.41) is 13.7. The third-order valence-electron chi connectivity index (χ3n) is 3.34. The second-order valence-corrected chi connectivity index (χ2v) is 5.11. The molecule has 0 radical (unpaired) electrons. The van der Waals surface area contributed by atoms with Crippen LogP contribution in [0.25, 0.3) is 11.0 Å². The minimum atomic E-state index is 0.237. The summed E-state index contributed by atoms with van der Waals surface area (Å²) in [6.07, 6.45) is 0. The van der Waals surface area contributed by atoms with Gasteiger partial charge in [-0.1, -0.05) is 23.7 Å². The van der Waals surface area contributed by atoms with Gasteiger partial charge < -0.3 is 5.11 Å². The molecule has 0 saturated carbocycles. The lowest BCUT2D eigenvalue weighted by molar-refractivity contribution is -0.630. The molecular weight excluding hydrogens is 274 g/mol. The maximum absolute atomic E-state index is 9.81. The van der Waals surface area contributed by atoms with E-state index in [4.69, 9.17) is 11.6 Å². The van der Waals surface area contributed by atoms with Crippen molar-refractivity contribution in [2.24, 2.45) is 7.05 Å². The van der Waals surface area contributed by atoms with Crippen LogP contribution in [0.15, 0.2) is 42.5 Å². The number of nitrogens with one attached hydrogen (secondary N) is 2. The van der Waals surface area contributed by atoms with E-state index >= 15 is 0 Å². The van der Waals surface area contributed by atoms with Crippen molar-refractivity contribution in [3.63, 3.8) is 0 Å². The number of nitrogens with zero attached hydrogens (tertiary/aromatic N) is 1. The Bertz CT molecular complexity index is 767. The van der Waals surface area contributed by atoms with Gasteiger partial charge in [0.2, 0.25) is 0 Å². The summed E-state index contributed by atoms with van der Waals surface area (Å²) in [5.41, 5.74) is 2.94. The molecule has 20 heavy (non-hydrogen) atoms. The van der Waals surface area contributed by atoms with Crippen molar-refractivity contribution >= 4 is 28.6 Å². The first-order valence-electron chi connectivity index (χ1n) is 6.33. The lowest BCUT2D eigenvalue weighted by atomic mass is 10.2. The Morgan fingerprint density at radius 2 is 2.05 bits per heavy atom. The number of aromatic amines is 1. The van der Waals surface area contributed by atoms with Crippen molar-refractivity contribution in [3.05, 3.63) is 53.1 Å². The fourth-order valence-electron chi connectivity index (χ4n) is 2.24. The molecule has 102 valence electrons. The first kappa shape index (κ1) is 12.8. The van der Waals surface area contributed by atoms with Crippen molar-refractivity contribution in [2.75, 3.05) is 5.32 Å². The molecule has 2 aromatic carbocycles. The zero-order valence-corrected chi connectivity index (χ0v) is 11.8. The molecule has 0 bridgehead atoms. The number of para-hydroxylation sites is 2. The quantitative estimate of drug-likeness (QED) is 0.649. The van der Waals surface area contributed by atoms with Gasteiger partial charge in [-0.2, -0.15) is 0 Å². The molecule has 3 rings (SSSR count). The number of halogens is 1. The van der Waals surface area contributed by atoms with Crippen LogP contribution >= 0.6 is 11.6 Å². The van der Waals surface area contributed by atoms with E-state index in [1.54, 1.807) is 18.2 Å². The monoisotopic (exact) mass is 288 g/mol. The standard InChI is InChI=1S/C15H14ClN3O/c1-19-13-5-3-2-4-12(13)18-15(19)17-9-10-8-11(16)6-7-14(10)20/h2-8H,9H2,1H3,(H2,17,18,20)/p+1. The second-order valence-electron chi connectivity index (χ2n) is 4.68. The molecule has 4 nitrogen and oxygen atoms in total. The summed E-state index contributed by atoms with van der Waals surface area (Å²) >= 11 is 5.94. The molecule has 1 aromatic heterocycles. The number of hydrogen-bond acceptors (Lipinski definition) is 2. The molecule has 5 heteroatoms. The predicted octanol–water partition coefficient (Wildman–Crippen LogP) is 2.96. The Morgan fingerprint density at radius 3 is 2.85 bits per heavy atom. The average Bonchev–Trinajstić information content (AvgIpc) is 2.77. The number of phenols is 1. The molecule has 0 aliphatic heterocycles. The van der Waals surface area contributed by atoms with Gasteiger partial charge in [0.1, 0.15) is 16.8 Å². The minimum Gasteiger partial charge on any atom is -0.508 e. The highest BCUT2D eigenvalue weighted by Gasteiger charge is 2.14. The molecule has 0 atom stereocenters. The molecule has 0 unspecified atom stereocenters. The summed E-state index contributed by atoms with van der Waals surface area (Å²) in [7, 11) is 1.99. The molecule has 0 aliphatic carbocycles. The van der Waals surface area contributed by atoms with E-state index in [9.17, 15) is 5.11 Å². The average molecular weight is 289 g/mol. The van der Waals surface area contributed by atoms with Crippen molar-refractivity contribution in [1.82, 2.24) is 4.98 Å². The van der Waals surface area contributed by atoms with Gasteiger partial charge in [0.15, 0.2) is 0 Å². The van der Waals surface area contributed by atoms with Crippen molar-refractivity contribution in [2.45, 2.75) is 6.54 Å². The summed E-state index contributed by atoms with van der Waals surface area (Å²) in [6, 6.07) is 13.1. The number of aromatic nitrogens is 2. The predicted molar refractivity (Wildman–Crippen MR) is 79.9 cm³/mol. The van der Waals surface area contributed by atoms with Crippen LogP contribution in [0.1, 0.15) is 5.56 Å². The van der Waals surface area contributed by atoms with Gasteiger partial charge in [0, 0.05) is 10.6 Å². The highest BCUT2D eigenvalue weighted by molar-refractivity contribution is 6.30. The Balaban J connectivity index is 1.87. The zero-order valence-electron chi connectivity index (χ0n) is 11.0. The van der Waals surface area contributed by atoms with E-state index in [1.165, 1.54) is 0 Å². The molecular formula is C15H15ClN3O+. The van der Waals surface area contributed by atoms with Crippen LogP contribution in [0.2, 0.25) is 5.02 Å². The summed E-state index contributed by atoms with van der Waals surface area (Å²) in [5.74, 6) is 1.12. The van der Waals surface area contributed by atoms with Gasteiger partial charge in [-0.25, -0.2) is 9.55 Å². The topological polar surface area (TPSA) is 51.9 Å². The molecule has 1 heterocycles. The van der Waals surface area contributed by atoms with Crippen LogP contribution in [-0.4, -0.2) is 10.1 Å². The SMILES string of the molecule is C[n+]1c(NCc2cc(Cl)ccc2O)[nH]c2ccccc21. The van der Waals surface area contributed by atoms with Gasteiger partial charge in [0.05, 0.1) is 13.6 Å². The number of benzene rings is 2. The van der Waals surface area contributed by atoms with Gasteiger partial charge >= 0.3 is 5.95 Å². The van der Waals surface area contributed by atoms with E-state index in [1.807, 2.05) is 35.9 Å². The number of imidazole rings is 1. The van der Waals surface area contributed by atoms with Gasteiger partial charge in [-0.15, -0.1) is 0 Å². The number of H-pyrrole nitrogens is 1. The molecule has 0 amide bonds. The van der Waals surface area contributed by atoms with E-state index < -0.39 is 0 Å². The van der Waals surface area contributed by atoms with Crippen LogP contribution in [-0.2, 0) is 13.6 Å². The van der Waals surface area contributed by atoms with E-state index in [-0.39, 0.29) is 5.75 Å². The number of anilines is 1. The van der Waals surface area contributed by atoms with Crippen LogP contribution < -0.4 is 9.88 Å². The fourth-order valence-corrected chi connectivity index (χ4v) is 2.44. The van der Waals surface area contributed by atoms with Gasteiger partial charge in [0.25, 0.3) is 0 Å². The van der Waals surface area contributed by atoms with E-state index in [0.717, 1.165) is 22.5 Å². The molecule has 0 aliphatic rings. The number of aromatic hydroxyl groups is 1. The van der Waals surface area contributed by atoms with Crippen molar-refractivity contribution in [1.29, 1.82) is 0 Å². The van der Waals surface area contributed by atoms with Crippen LogP contribution in [0.3, 0.4) is 0 Å². The number of phenolic OH excluding ortho intramolecular Hbond substituents is 1. The second kappa shape index (κ2) is 5.06. The summed E-state index contributed by atoms with van der Waals surface area (Å²) in [4.78, 5) is 3.31. The molecule has 0 fully saturated rings. The van der Waals surface area contributed by atoms with Crippen molar-refractivity contribution < 1.29 is 9.67 Å². The maximum Gasteiger partial charge on any atom is 0.356 e. The third-order valence-corrected chi connectivity index (χ3v) is 3.58. The highest BCUT2D eigenvalue weighted by atomic mass is 35.5. The number of rotatable bonds is 3. The molecule has 3 N–H and O–H groups in total. The largest absolute Gasteiger partial charge is 0.508 e. The first-order chi connectivity index (χ1) is 9.65. The minimum absolute atomic E-state index is 0.237. The van der Waals surface area contributed by atoms with Gasteiger partial charge in [-0.05, 0) is 30.3 Å². The first-order valence-corrected chi connectivity index (χ1v) is 6.71. The van der Waals surface area contributed by atoms with Crippen LogP contribution in [0.4, 0.5) is 5.95 Å². The Hall–Kier alpha value is -2.20. The van der Waals surface area contributed by atoms with Crippen LogP contribution in [0, 0.1) is 0 Å². The Labute approximate surface area is 121 Å². The molecule has 0 spiro atoms. The lowest BCUT2D eigenvalue weighted by Gasteiger charge is -2.04. The highest BCUT2D eigenvalue weighted by Crippen LogP contribution is 2.22. The Kier molecular flexibility index (Phi) is 3.24. The zero-order chi connectivity index (χ0) is 14.1. The lowest BCUT2D eigenvalue weighted by Crippen LogP contribution is -2.30.